The molecule has 1 aromatic heterocycles. The number of rotatable bonds is 5. The maximum absolute atomic E-state index is 13.6. The molecule has 0 unspecified atom stereocenters. The smallest absolute Gasteiger partial charge is 0.257 e. The van der Waals surface area contributed by atoms with Crippen LogP contribution in [0.15, 0.2) is 88.5 Å². The van der Waals surface area contributed by atoms with Crippen molar-refractivity contribution >= 4 is 44.4 Å². The van der Waals surface area contributed by atoms with Crippen molar-refractivity contribution in [2.24, 2.45) is 4.99 Å². The number of aliphatic imine (C=N–C) groups is 1. The van der Waals surface area contributed by atoms with E-state index < -0.39 is 0 Å². The molecule has 1 amide bonds. The van der Waals surface area contributed by atoms with E-state index in [-0.39, 0.29) is 17.7 Å². The number of carbonyl (C=O) groups excluding carboxylic acids is 1. The Morgan fingerprint density at radius 1 is 1.03 bits per heavy atom. The zero-order chi connectivity index (χ0) is 21.6. The lowest BCUT2D eigenvalue weighted by atomic mass is 10.1. The van der Waals surface area contributed by atoms with Gasteiger partial charge in [0.2, 0.25) is 5.96 Å². The van der Waals surface area contributed by atoms with E-state index in [1.807, 2.05) is 24.4 Å². The lowest BCUT2D eigenvalue weighted by molar-refractivity contribution is 0.0977. The maximum atomic E-state index is 13.6. The molecule has 4 aromatic rings. The Morgan fingerprint density at radius 3 is 2.65 bits per heavy atom. The zero-order valence-electron chi connectivity index (χ0n) is 16.5. The number of benzene rings is 3. The van der Waals surface area contributed by atoms with Gasteiger partial charge in [-0.1, -0.05) is 40.2 Å². The van der Waals surface area contributed by atoms with Crippen molar-refractivity contribution in [1.29, 1.82) is 0 Å². The van der Waals surface area contributed by atoms with Gasteiger partial charge in [0, 0.05) is 39.4 Å². The van der Waals surface area contributed by atoms with Gasteiger partial charge in [-0.25, -0.2) is 4.39 Å². The summed E-state index contributed by atoms with van der Waals surface area (Å²) in [6.45, 7) is 0.445. The van der Waals surface area contributed by atoms with E-state index in [1.165, 1.54) is 12.1 Å². The first kappa shape index (κ1) is 20.8. The van der Waals surface area contributed by atoms with E-state index in [2.05, 4.69) is 42.6 Å². The summed E-state index contributed by atoms with van der Waals surface area (Å²) in [5.41, 5.74) is 3.21. The summed E-state index contributed by atoms with van der Waals surface area (Å²) in [7, 11) is 0. The van der Waals surface area contributed by atoms with Crippen LogP contribution in [0.1, 0.15) is 15.9 Å². The first-order valence-corrected chi connectivity index (χ1v) is 10.6. The van der Waals surface area contributed by atoms with Crippen LogP contribution in [0.25, 0.3) is 10.9 Å². The predicted molar refractivity (Wildman–Crippen MR) is 126 cm³/mol. The van der Waals surface area contributed by atoms with Gasteiger partial charge in [0.15, 0.2) is 0 Å². The molecule has 3 aromatic carbocycles. The fraction of sp³-hybridized carbons (Fsp3) is 0.0833. The average molecular weight is 479 g/mol. The molecule has 0 bridgehead atoms. The number of amides is 1. The van der Waals surface area contributed by atoms with Gasteiger partial charge >= 0.3 is 0 Å². The second-order valence-corrected chi connectivity index (χ2v) is 7.85. The van der Waals surface area contributed by atoms with Crippen molar-refractivity contribution < 1.29 is 9.18 Å². The number of aromatic nitrogens is 1. The van der Waals surface area contributed by atoms with Crippen molar-refractivity contribution in [1.82, 2.24) is 10.3 Å². The molecule has 0 saturated carbocycles. The van der Waals surface area contributed by atoms with E-state index in [1.54, 1.807) is 36.4 Å². The molecule has 5 nitrogen and oxygen atoms in total. The standard InChI is InChI=1S/C24H20BrFN4O/c25-18-10-8-16(9-11-18)23(31)30-24(29-20-5-3-4-19(26)14-20)27-13-12-17-15-28-22-7-2-1-6-21(17)22/h1-11,14-15,28H,12-13H2,(H2,27,29,30,31). The van der Waals surface area contributed by atoms with Gasteiger partial charge in [0.05, 0.1) is 0 Å². The first-order chi connectivity index (χ1) is 15.1. The number of hydrogen-bond acceptors (Lipinski definition) is 2. The largest absolute Gasteiger partial charge is 0.361 e. The number of fused-ring (bicyclic) bond motifs is 1. The van der Waals surface area contributed by atoms with Gasteiger partial charge in [0.25, 0.3) is 5.91 Å². The van der Waals surface area contributed by atoms with Crippen LogP contribution < -0.4 is 10.6 Å². The van der Waals surface area contributed by atoms with Crippen molar-refractivity contribution in [3.63, 3.8) is 0 Å². The Hall–Kier alpha value is -3.45. The van der Waals surface area contributed by atoms with Crippen molar-refractivity contribution in [3.8, 4) is 0 Å². The maximum Gasteiger partial charge on any atom is 0.257 e. The third-order valence-electron chi connectivity index (χ3n) is 4.75. The number of nitrogens with zero attached hydrogens (tertiary/aromatic N) is 1. The number of H-pyrrole nitrogens is 1. The number of aromatic amines is 1. The van der Waals surface area contributed by atoms with Crippen LogP contribution in [0.3, 0.4) is 0 Å². The number of nitrogens with one attached hydrogen (secondary N) is 3. The summed E-state index contributed by atoms with van der Waals surface area (Å²) in [6, 6.07) is 21.1. The van der Waals surface area contributed by atoms with E-state index in [4.69, 9.17) is 0 Å². The van der Waals surface area contributed by atoms with Crippen LogP contribution in [0.5, 0.6) is 0 Å². The number of hydrogen-bond donors (Lipinski definition) is 3. The topological polar surface area (TPSA) is 69.3 Å². The number of para-hydroxylation sites is 1. The number of halogens is 2. The lowest BCUT2D eigenvalue weighted by Gasteiger charge is -2.12. The SMILES string of the molecule is O=C(NC(=NCCc1c[nH]c2ccccc12)Nc1cccc(F)c1)c1ccc(Br)cc1. The zero-order valence-corrected chi connectivity index (χ0v) is 18.1. The van der Waals surface area contributed by atoms with E-state index in [9.17, 15) is 9.18 Å². The summed E-state index contributed by atoms with van der Waals surface area (Å²) in [6.07, 6.45) is 2.66. The van der Waals surface area contributed by atoms with Gasteiger partial charge in [-0.15, -0.1) is 0 Å². The Labute approximate surface area is 187 Å². The second kappa shape index (κ2) is 9.57. The van der Waals surface area contributed by atoms with Crippen LogP contribution in [0.4, 0.5) is 10.1 Å². The Kier molecular flexibility index (Phi) is 6.43. The van der Waals surface area contributed by atoms with Crippen LogP contribution in [0, 0.1) is 5.82 Å². The van der Waals surface area contributed by atoms with Crippen LogP contribution in [-0.4, -0.2) is 23.4 Å². The predicted octanol–water partition coefficient (Wildman–Crippen LogP) is 5.51. The molecule has 31 heavy (non-hydrogen) atoms. The molecule has 0 aliphatic carbocycles. The molecule has 0 spiro atoms. The van der Waals surface area contributed by atoms with Gasteiger partial charge < -0.3 is 10.3 Å². The summed E-state index contributed by atoms with van der Waals surface area (Å²) in [5, 5.41) is 6.95. The highest BCUT2D eigenvalue weighted by molar-refractivity contribution is 9.10. The molecule has 0 atom stereocenters. The quantitative estimate of drug-likeness (QED) is 0.261. The van der Waals surface area contributed by atoms with Gasteiger partial charge in [-0.05, 0) is 60.5 Å². The Morgan fingerprint density at radius 2 is 1.84 bits per heavy atom. The van der Waals surface area contributed by atoms with Crippen LogP contribution in [0.2, 0.25) is 0 Å². The average Bonchev–Trinajstić information content (AvgIpc) is 3.17. The molecular formula is C24H20BrFN4O. The normalized spacial score (nSPS) is 11.5. The van der Waals surface area contributed by atoms with E-state index in [0.717, 1.165) is 20.9 Å². The molecular weight excluding hydrogens is 459 g/mol. The molecule has 4 rings (SSSR count). The third kappa shape index (κ3) is 5.38. The summed E-state index contributed by atoms with van der Waals surface area (Å²) >= 11 is 3.36. The molecule has 1 heterocycles. The summed E-state index contributed by atoms with van der Waals surface area (Å²) in [5.74, 6) is -0.414. The molecule has 7 heteroatoms. The molecule has 0 radical (unpaired) electrons. The number of carbonyl (C=O) groups is 1. The van der Waals surface area contributed by atoms with Crippen molar-refractivity contribution in [2.75, 3.05) is 11.9 Å². The number of guanidine groups is 1. The molecule has 156 valence electrons. The van der Waals surface area contributed by atoms with E-state index in [0.29, 0.717) is 24.2 Å². The molecule has 0 saturated heterocycles. The monoisotopic (exact) mass is 478 g/mol. The third-order valence-corrected chi connectivity index (χ3v) is 5.28. The molecule has 0 aliphatic heterocycles. The fourth-order valence-electron chi connectivity index (χ4n) is 3.22. The lowest BCUT2D eigenvalue weighted by Crippen LogP contribution is -2.36. The minimum Gasteiger partial charge on any atom is -0.361 e. The fourth-order valence-corrected chi connectivity index (χ4v) is 3.49. The minimum atomic E-state index is -0.373. The van der Waals surface area contributed by atoms with Crippen LogP contribution >= 0.6 is 15.9 Å². The van der Waals surface area contributed by atoms with Gasteiger partial charge in [0.1, 0.15) is 5.82 Å². The summed E-state index contributed by atoms with van der Waals surface area (Å²) in [4.78, 5) is 20.5. The Balaban J connectivity index is 1.52. The van der Waals surface area contributed by atoms with Crippen LogP contribution in [-0.2, 0) is 6.42 Å². The highest BCUT2D eigenvalue weighted by Crippen LogP contribution is 2.18. The summed E-state index contributed by atoms with van der Waals surface area (Å²) < 4.78 is 14.5. The minimum absolute atomic E-state index is 0.262. The highest BCUT2D eigenvalue weighted by atomic mass is 79.9. The van der Waals surface area contributed by atoms with Gasteiger partial charge in [-0.2, -0.15) is 0 Å². The molecule has 3 N–H and O–H groups in total. The van der Waals surface area contributed by atoms with E-state index >= 15 is 0 Å². The van der Waals surface area contributed by atoms with Crippen molar-refractivity contribution in [3.05, 3.63) is 100 Å². The van der Waals surface area contributed by atoms with Gasteiger partial charge in [-0.3, -0.25) is 15.1 Å². The number of anilines is 1. The Bertz CT molecular complexity index is 1230. The van der Waals surface area contributed by atoms with Crippen molar-refractivity contribution in [2.45, 2.75) is 6.42 Å². The second-order valence-electron chi connectivity index (χ2n) is 6.94. The highest BCUT2D eigenvalue weighted by Gasteiger charge is 2.10. The first-order valence-electron chi connectivity index (χ1n) is 9.77. The molecule has 0 fully saturated rings. The molecule has 0 aliphatic rings.